The number of carbonyl (C=O) groups excluding carboxylic acids is 1. The monoisotopic (exact) mass is 400 g/mol. The Kier molecular flexibility index (Phi) is 4.26. The second-order valence-corrected chi connectivity index (χ2v) is 7.70. The summed E-state index contributed by atoms with van der Waals surface area (Å²) in [5.41, 5.74) is 2.85. The summed E-state index contributed by atoms with van der Waals surface area (Å²) in [6.45, 7) is 0.204. The molecule has 0 radical (unpaired) electrons. The molecule has 0 spiro atoms. The molecule has 1 unspecified atom stereocenters. The minimum absolute atomic E-state index is 0.0553. The maximum Gasteiger partial charge on any atom is 0.226 e. The molecule has 1 atom stereocenters. The molecule has 1 N–H and O–H groups in total. The minimum Gasteiger partial charge on any atom is -0.481 e. The average Bonchev–Trinajstić information content (AvgIpc) is 3.35. The molecule has 2 aromatic carbocycles. The number of anilines is 1. The molecule has 0 fully saturated rings. The first-order valence-electron chi connectivity index (χ1n) is 9.13. The summed E-state index contributed by atoms with van der Waals surface area (Å²) in [6, 6.07) is 15.6. The molecule has 1 aliphatic rings. The van der Waals surface area contributed by atoms with Crippen molar-refractivity contribution in [2.75, 3.05) is 11.9 Å². The van der Waals surface area contributed by atoms with Crippen molar-refractivity contribution in [3.05, 3.63) is 65.9 Å². The maximum absolute atomic E-state index is 12.5. The van der Waals surface area contributed by atoms with Crippen molar-refractivity contribution in [1.29, 1.82) is 0 Å². The van der Waals surface area contributed by atoms with Gasteiger partial charge in [-0.2, -0.15) is 9.78 Å². The van der Waals surface area contributed by atoms with E-state index in [2.05, 4.69) is 21.3 Å². The van der Waals surface area contributed by atoms with E-state index in [9.17, 15) is 4.79 Å². The number of para-hydroxylation sites is 1. The fourth-order valence-corrected chi connectivity index (χ4v) is 4.49. The summed E-state index contributed by atoms with van der Waals surface area (Å²) in [6.07, 6.45) is 7.43. The minimum atomic E-state index is -0.115. The lowest BCUT2D eigenvalue weighted by atomic mass is 9.87. The Hall–Kier alpha value is -3.63. The van der Waals surface area contributed by atoms with Crippen molar-refractivity contribution in [3.8, 4) is 23.2 Å². The van der Waals surface area contributed by atoms with E-state index in [1.807, 2.05) is 48.5 Å². The smallest absolute Gasteiger partial charge is 0.226 e. The Morgan fingerprint density at radius 1 is 1.28 bits per heavy atom. The molecular formula is C22H16N4O2S. The molecule has 0 saturated carbocycles. The molecule has 2 aromatic heterocycles. The summed E-state index contributed by atoms with van der Waals surface area (Å²) in [5, 5.41) is 8.23. The van der Waals surface area contributed by atoms with Crippen LogP contribution >= 0.6 is 11.3 Å². The highest BCUT2D eigenvalue weighted by Crippen LogP contribution is 2.39. The zero-order valence-electron chi connectivity index (χ0n) is 15.3. The number of nitrogens with one attached hydrogen (secondary N) is 1. The van der Waals surface area contributed by atoms with Crippen LogP contribution in [-0.2, 0) is 4.79 Å². The molecule has 0 aliphatic carbocycles. The fourth-order valence-electron chi connectivity index (χ4n) is 3.56. The van der Waals surface area contributed by atoms with Crippen LogP contribution < -0.4 is 10.1 Å². The molecule has 3 heterocycles. The highest BCUT2D eigenvalue weighted by molar-refractivity contribution is 7.20. The van der Waals surface area contributed by atoms with Crippen LogP contribution in [0.5, 0.6) is 5.75 Å². The number of terminal acetylenes is 1. The van der Waals surface area contributed by atoms with Gasteiger partial charge < -0.3 is 10.1 Å². The van der Waals surface area contributed by atoms with Crippen LogP contribution in [0.2, 0.25) is 0 Å². The fraction of sp³-hybridized carbons (Fsp3) is 0.136. The summed E-state index contributed by atoms with van der Waals surface area (Å²) in [4.78, 5) is 17.2. The standard InChI is InChI=1S/C22H16N4O2S/c1-2-10-28-15-7-5-6-14(11-15)16-12-20(27)25-21-17(16)13-23-26(21)22-24-18-8-3-4-9-19(18)29-22/h1,3-9,11,13,16H,10,12H2,(H,25,27). The van der Waals surface area contributed by atoms with Gasteiger partial charge in [-0.15, -0.1) is 6.42 Å². The molecule has 0 saturated heterocycles. The van der Waals surface area contributed by atoms with Crippen molar-refractivity contribution in [3.63, 3.8) is 0 Å². The number of carbonyl (C=O) groups is 1. The van der Waals surface area contributed by atoms with Gasteiger partial charge in [-0.3, -0.25) is 4.79 Å². The van der Waals surface area contributed by atoms with Crippen molar-refractivity contribution < 1.29 is 9.53 Å². The van der Waals surface area contributed by atoms with E-state index in [4.69, 9.17) is 11.2 Å². The second kappa shape index (κ2) is 7.08. The van der Waals surface area contributed by atoms with Crippen molar-refractivity contribution in [2.24, 2.45) is 0 Å². The van der Waals surface area contributed by atoms with E-state index in [0.717, 1.165) is 26.5 Å². The number of hydrogen-bond donors (Lipinski definition) is 1. The van der Waals surface area contributed by atoms with E-state index in [1.165, 1.54) is 11.3 Å². The van der Waals surface area contributed by atoms with Gasteiger partial charge in [0.2, 0.25) is 11.0 Å². The summed E-state index contributed by atoms with van der Waals surface area (Å²) >= 11 is 1.54. The van der Waals surface area contributed by atoms with Crippen LogP contribution in [0.15, 0.2) is 54.7 Å². The Morgan fingerprint density at radius 3 is 3.03 bits per heavy atom. The van der Waals surface area contributed by atoms with Crippen molar-refractivity contribution in [2.45, 2.75) is 12.3 Å². The van der Waals surface area contributed by atoms with Crippen LogP contribution in [0, 0.1) is 12.3 Å². The number of thiazole rings is 1. The van der Waals surface area contributed by atoms with Crippen LogP contribution in [0.3, 0.4) is 0 Å². The van der Waals surface area contributed by atoms with Gasteiger partial charge in [-0.05, 0) is 29.8 Å². The molecule has 142 valence electrons. The number of ether oxygens (including phenoxy) is 1. The molecule has 1 amide bonds. The van der Waals surface area contributed by atoms with E-state index in [1.54, 1.807) is 10.9 Å². The normalized spacial score (nSPS) is 15.6. The second-order valence-electron chi connectivity index (χ2n) is 6.69. The van der Waals surface area contributed by atoms with Crippen LogP contribution in [0.1, 0.15) is 23.5 Å². The number of amides is 1. The molecule has 5 rings (SSSR count). The van der Waals surface area contributed by atoms with Crippen LogP contribution in [-0.4, -0.2) is 27.3 Å². The number of aromatic nitrogens is 3. The van der Waals surface area contributed by atoms with Gasteiger partial charge in [0, 0.05) is 17.9 Å². The lowest BCUT2D eigenvalue weighted by Gasteiger charge is -2.23. The summed E-state index contributed by atoms with van der Waals surface area (Å²) in [7, 11) is 0. The van der Waals surface area contributed by atoms with E-state index < -0.39 is 0 Å². The van der Waals surface area contributed by atoms with Gasteiger partial charge in [0.05, 0.1) is 16.4 Å². The number of fused-ring (bicyclic) bond motifs is 2. The number of rotatable bonds is 4. The number of hydrogen-bond acceptors (Lipinski definition) is 5. The molecular weight excluding hydrogens is 384 g/mol. The number of benzene rings is 2. The third-order valence-corrected chi connectivity index (χ3v) is 5.88. The molecule has 0 bridgehead atoms. The maximum atomic E-state index is 12.5. The Labute approximate surface area is 171 Å². The number of nitrogens with zero attached hydrogens (tertiary/aromatic N) is 3. The van der Waals surface area contributed by atoms with E-state index in [-0.39, 0.29) is 18.4 Å². The molecule has 1 aliphatic heterocycles. The third-order valence-electron chi connectivity index (χ3n) is 4.87. The lowest BCUT2D eigenvalue weighted by Crippen LogP contribution is -2.24. The predicted octanol–water partition coefficient (Wildman–Crippen LogP) is 3.97. The average molecular weight is 400 g/mol. The predicted molar refractivity (Wildman–Crippen MR) is 113 cm³/mol. The van der Waals surface area contributed by atoms with Crippen molar-refractivity contribution >= 4 is 33.3 Å². The Bertz CT molecular complexity index is 1230. The Balaban J connectivity index is 1.56. The zero-order chi connectivity index (χ0) is 19.8. The van der Waals surface area contributed by atoms with Gasteiger partial charge in [-0.1, -0.05) is 41.5 Å². The zero-order valence-corrected chi connectivity index (χ0v) is 16.1. The quantitative estimate of drug-likeness (QED) is 0.527. The van der Waals surface area contributed by atoms with E-state index >= 15 is 0 Å². The van der Waals surface area contributed by atoms with Gasteiger partial charge >= 0.3 is 0 Å². The molecule has 29 heavy (non-hydrogen) atoms. The van der Waals surface area contributed by atoms with Gasteiger partial charge in [0.25, 0.3) is 0 Å². The van der Waals surface area contributed by atoms with Gasteiger partial charge in [-0.25, -0.2) is 4.98 Å². The highest BCUT2D eigenvalue weighted by Gasteiger charge is 2.31. The van der Waals surface area contributed by atoms with Crippen LogP contribution in [0.25, 0.3) is 15.3 Å². The molecule has 7 heteroatoms. The molecule has 4 aromatic rings. The summed E-state index contributed by atoms with van der Waals surface area (Å²) < 4.78 is 8.33. The first kappa shape index (κ1) is 17.5. The van der Waals surface area contributed by atoms with Gasteiger partial charge in [0.15, 0.2) is 0 Å². The topological polar surface area (TPSA) is 69.0 Å². The highest BCUT2D eigenvalue weighted by atomic mass is 32.1. The first-order chi connectivity index (χ1) is 14.2. The SMILES string of the molecule is C#CCOc1cccc(C2CC(=O)Nc3c2cnn3-c2nc3ccccc3s2)c1. The first-order valence-corrected chi connectivity index (χ1v) is 9.94. The summed E-state index contributed by atoms with van der Waals surface area (Å²) in [5.74, 6) is 3.65. The third kappa shape index (κ3) is 3.13. The van der Waals surface area contributed by atoms with E-state index in [0.29, 0.717) is 18.0 Å². The van der Waals surface area contributed by atoms with Gasteiger partial charge in [0.1, 0.15) is 18.2 Å². The van der Waals surface area contributed by atoms with Crippen molar-refractivity contribution in [1.82, 2.24) is 14.8 Å². The largest absolute Gasteiger partial charge is 0.481 e. The van der Waals surface area contributed by atoms with Crippen LogP contribution in [0.4, 0.5) is 5.82 Å². The molecule has 6 nitrogen and oxygen atoms in total. The lowest BCUT2D eigenvalue weighted by molar-refractivity contribution is -0.116. The Morgan fingerprint density at radius 2 is 2.17 bits per heavy atom.